The van der Waals surface area contributed by atoms with E-state index in [2.05, 4.69) is 6.58 Å². The van der Waals surface area contributed by atoms with Crippen molar-refractivity contribution in [2.45, 2.75) is 39.7 Å². The smallest absolute Gasteiger partial charge is 0.318 e. The number of allylic oxidation sites excluding steroid dienone is 1. The van der Waals surface area contributed by atoms with Crippen LogP contribution in [0.3, 0.4) is 0 Å². The van der Waals surface area contributed by atoms with Crippen LogP contribution in [0.2, 0.25) is 0 Å². The maximum atomic E-state index is 13.6. The Morgan fingerprint density at radius 3 is 2.43 bits per heavy atom. The first-order valence-corrected chi connectivity index (χ1v) is 5.15. The highest BCUT2D eigenvalue weighted by Gasteiger charge is 2.43. The SMILES string of the molecule is C=C(C)N1CCC(C(C)C)CC1(F)F. The van der Waals surface area contributed by atoms with E-state index < -0.39 is 6.05 Å². The molecular weight excluding hydrogens is 184 g/mol. The summed E-state index contributed by atoms with van der Waals surface area (Å²) in [5.41, 5.74) is 0.470. The molecule has 1 nitrogen and oxygen atoms in total. The topological polar surface area (TPSA) is 3.24 Å². The van der Waals surface area contributed by atoms with Crippen LogP contribution in [-0.2, 0) is 0 Å². The first kappa shape index (κ1) is 11.5. The van der Waals surface area contributed by atoms with Crippen molar-refractivity contribution in [3.05, 3.63) is 12.3 Å². The number of hydrogen-bond acceptors (Lipinski definition) is 1. The third-order valence-corrected chi connectivity index (χ3v) is 3.03. The van der Waals surface area contributed by atoms with Gasteiger partial charge in [0, 0.05) is 18.7 Å². The third kappa shape index (κ3) is 2.25. The van der Waals surface area contributed by atoms with Crippen LogP contribution in [0.4, 0.5) is 8.78 Å². The molecule has 0 aromatic rings. The normalized spacial score (nSPS) is 26.7. The van der Waals surface area contributed by atoms with Gasteiger partial charge < -0.3 is 4.90 Å². The monoisotopic (exact) mass is 203 g/mol. The van der Waals surface area contributed by atoms with E-state index in [0.717, 1.165) is 11.3 Å². The molecule has 14 heavy (non-hydrogen) atoms. The van der Waals surface area contributed by atoms with Gasteiger partial charge in [-0.1, -0.05) is 20.4 Å². The number of nitrogens with zero attached hydrogens (tertiary/aromatic N) is 1. The Labute approximate surface area is 84.8 Å². The molecule has 1 aliphatic rings. The molecular formula is C11H19F2N. The molecule has 82 valence electrons. The first-order valence-electron chi connectivity index (χ1n) is 5.15. The van der Waals surface area contributed by atoms with Gasteiger partial charge >= 0.3 is 6.05 Å². The fourth-order valence-corrected chi connectivity index (χ4v) is 2.03. The summed E-state index contributed by atoms with van der Waals surface area (Å²) in [6, 6.07) is -2.70. The minimum atomic E-state index is -2.70. The molecule has 1 aliphatic heterocycles. The number of rotatable bonds is 2. The highest BCUT2D eigenvalue weighted by atomic mass is 19.3. The summed E-state index contributed by atoms with van der Waals surface area (Å²) in [6.07, 6.45) is 0.817. The average Bonchev–Trinajstić information content (AvgIpc) is 2.01. The highest BCUT2D eigenvalue weighted by Crippen LogP contribution is 2.39. The molecule has 0 spiro atoms. The Morgan fingerprint density at radius 2 is 2.07 bits per heavy atom. The van der Waals surface area contributed by atoms with Crippen LogP contribution >= 0.6 is 0 Å². The van der Waals surface area contributed by atoms with Gasteiger partial charge in [-0.2, -0.15) is 8.78 Å². The second-order valence-corrected chi connectivity index (χ2v) is 4.55. The second-order valence-electron chi connectivity index (χ2n) is 4.55. The summed E-state index contributed by atoms with van der Waals surface area (Å²) in [4.78, 5) is 1.13. The molecule has 1 heterocycles. The molecule has 0 bridgehead atoms. The van der Waals surface area contributed by atoms with E-state index in [1.54, 1.807) is 6.92 Å². The fraction of sp³-hybridized carbons (Fsp3) is 0.818. The lowest BCUT2D eigenvalue weighted by Crippen LogP contribution is -2.47. The van der Waals surface area contributed by atoms with Gasteiger partial charge in [0.2, 0.25) is 0 Å². The van der Waals surface area contributed by atoms with Gasteiger partial charge in [-0.15, -0.1) is 0 Å². The van der Waals surface area contributed by atoms with Crippen molar-refractivity contribution < 1.29 is 8.78 Å². The van der Waals surface area contributed by atoms with Crippen LogP contribution in [0.25, 0.3) is 0 Å². The van der Waals surface area contributed by atoms with Crippen molar-refractivity contribution in [3.63, 3.8) is 0 Å². The highest BCUT2D eigenvalue weighted by molar-refractivity contribution is 4.96. The lowest BCUT2D eigenvalue weighted by Gasteiger charge is -2.41. The number of alkyl halides is 2. The minimum Gasteiger partial charge on any atom is -0.318 e. The third-order valence-electron chi connectivity index (χ3n) is 3.03. The molecule has 1 saturated heterocycles. The predicted octanol–water partition coefficient (Wildman–Crippen LogP) is 3.48. The molecule has 0 aromatic heterocycles. The van der Waals surface area contributed by atoms with Gasteiger partial charge in [-0.25, -0.2) is 0 Å². The predicted molar refractivity (Wildman–Crippen MR) is 54.0 cm³/mol. The maximum absolute atomic E-state index is 13.6. The molecule has 0 amide bonds. The molecule has 0 saturated carbocycles. The van der Waals surface area contributed by atoms with Crippen LogP contribution in [0.5, 0.6) is 0 Å². The zero-order chi connectivity index (χ0) is 10.9. The van der Waals surface area contributed by atoms with Gasteiger partial charge in [0.05, 0.1) is 0 Å². The Morgan fingerprint density at radius 1 is 1.50 bits per heavy atom. The summed E-state index contributed by atoms with van der Waals surface area (Å²) in [7, 11) is 0. The summed E-state index contributed by atoms with van der Waals surface area (Å²) < 4.78 is 27.2. The average molecular weight is 203 g/mol. The van der Waals surface area contributed by atoms with Crippen LogP contribution in [-0.4, -0.2) is 17.5 Å². The van der Waals surface area contributed by atoms with Crippen molar-refractivity contribution in [3.8, 4) is 0 Å². The van der Waals surface area contributed by atoms with Crippen LogP contribution in [0.15, 0.2) is 12.3 Å². The Balaban J connectivity index is 2.70. The van der Waals surface area contributed by atoms with E-state index in [9.17, 15) is 8.78 Å². The van der Waals surface area contributed by atoms with E-state index in [1.807, 2.05) is 13.8 Å². The summed E-state index contributed by atoms with van der Waals surface area (Å²) in [5.74, 6) is 0.480. The molecule has 0 radical (unpaired) electrons. The lowest BCUT2D eigenvalue weighted by atomic mass is 9.85. The molecule has 3 heteroatoms. The molecule has 1 unspecified atom stereocenters. The Hall–Kier alpha value is -0.600. The Bertz CT molecular complexity index is 223. The van der Waals surface area contributed by atoms with Crippen molar-refractivity contribution in [2.75, 3.05) is 6.54 Å². The van der Waals surface area contributed by atoms with Crippen LogP contribution in [0.1, 0.15) is 33.6 Å². The molecule has 0 N–H and O–H groups in total. The standard InChI is InChI=1S/C11H19F2N/c1-8(2)10-5-6-14(9(3)4)11(12,13)7-10/h8,10H,3,5-7H2,1-2,4H3. The van der Waals surface area contributed by atoms with E-state index in [-0.39, 0.29) is 12.3 Å². The van der Waals surface area contributed by atoms with E-state index >= 15 is 0 Å². The molecule has 1 fully saturated rings. The quantitative estimate of drug-likeness (QED) is 0.621. The summed E-state index contributed by atoms with van der Waals surface area (Å²) in [5, 5.41) is 0. The van der Waals surface area contributed by atoms with Crippen LogP contribution < -0.4 is 0 Å². The summed E-state index contributed by atoms with van der Waals surface area (Å²) >= 11 is 0. The number of halogens is 2. The summed E-state index contributed by atoms with van der Waals surface area (Å²) in [6.45, 7) is 9.69. The number of likely N-dealkylation sites (tertiary alicyclic amines) is 1. The van der Waals surface area contributed by atoms with E-state index in [1.165, 1.54) is 0 Å². The minimum absolute atomic E-state index is 0.0302. The van der Waals surface area contributed by atoms with Gasteiger partial charge in [-0.05, 0) is 25.2 Å². The maximum Gasteiger partial charge on any atom is 0.325 e. The van der Waals surface area contributed by atoms with Gasteiger partial charge in [0.15, 0.2) is 0 Å². The van der Waals surface area contributed by atoms with Gasteiger partial charge in [0.25, 0.3) is 0 Å². The van der Waals surface area contributed by atoms with Crippen molar-refractivity contribution >= 4 is 0 Å². The zero-order valence-corrected chi connectivity index (χ0v) is 9.19. The van der Waals surface area contributed by atoms with Crippen molar-refractivity contribution in [1.29, 1.82) is 0 Å². The molecule has 1 rings (SSSR count). The van der Waals surface area contributed by atoms with E-state index in [0.29, 0.717) is 18.2 Å². The number of hydrogen-bond donors (Lipinski definition) is 0. The Kier molecular flexibility index (Phi) is 3.17. The first-order chi connectivity index (χ1) is 6.34. The fourth-order valence-electron chi connectivity index (χ4n) is 2.03. The van der Waals surface area contributed by atoms with Gasteiger partial charge in [0.1, 0.15) is 0 Å². The molecule has 0 aromatic carbocycles. The molecule has 1 atom stereocenters. The van der Waals surface area contributed by atoms with Crippen LogP contribution in [0, 0.1) is 11.8 Å². The van der Waals surface area contributed by atoms with Crippen molar-refractivity contribution in [2.24, 2.45) is 11.8 Å². The largest absolute Gasteiger partial charge is 0.325 e. The van der Waals surface area contributed by atoms with E-state index in [4.69, 9.17) is 0 Å². The van der Waals surface area contributed by atoms with Gasteiger partial charge in [-0.3, -0.25) is 0 Å². The molecule has 0 aliphatic carbocycles. The second kappa shape index (κ2) is 3.87. The number of piperidine rings is 1. The lowest BCUT2D eigenvalue weighted by molar-refractivity contribution is -0.167. The zero-order valence-electron chi connectivity index (χ0n) is 9.19. The van der Waals surface area contributed by atoms with Crippen molar-refractivity contribution in [1.82, 2.24) is 4.90 Å².